The normalized spacial score (nSPS) is 26.4. The van der Waals surface area contributed by atoms with Crippen LogP contribution in [-0.2, 0) is 15.3 Å². The lowest BCUT2D eigenvalue weighted by Crippen LogP contribution is -2.50. The Balaban J connectivity index is 1.25. The van der Waals surface area contributed by atoms with E-state index >= 15 is 4.39 Å². The number of rotatable bonds is 4. The van der Waals surface area contributed by atoms with Gasteiger partial charge in [0.05, 0.1) is 24.3 Å². The first kappa shape index (κ1) is 22.2. The van der Waals surface area contributed by atoms with Crippen molar-refractivity contribution in [2.75, 3.05) is 25.0 Å². The van der Waals surface area contributed by atoms with Crippen LogP contribution in [0.1, 0.15) is 48.1 Å². The van der Waals surface area contributed by atoms with E-state index in [1.807, 2.05) is 18.2 Å². The zero-order chi connectivity index (χ0) is 24.3. The monoisotopic (exact) mass is 473 g/mol. The van der Waals surface area contributed by atoms with Crippen LogP contribution in [0, 0.1) is 0 Å². The van der Waals surface area contributed by atoms with Gasteiger partial charge in [-0.25, -0.2) is 4.39 Å². The summed E-state index contributed by atoms with van der Waals surface area (Å²) in [5.41, 5.74) is 0.572. The molecule has 3 aromatic rings. The Labute approximate surface area is 203 Å². The fraction of sp³-hybridized carbons (Fsp3) is 0.357. The van der Waals surface area contributed by atoms with Crippen molar-refractivity contribution in [2.24, 2.45) is 0 Å². The van der Waals surface area contributed by atoms with E-state index in [1.54, 1.807) is 29.2 Å². The quantitative estimate of drug-likeness (QED) is 0.606. The van der Waals surface area contributed by atoms with Crippen molar-refractivity contribution in [1.82, 2.24) is 10.2 Å². The summed E-state index contributed by atoms with van der Waals surface area (Å²) < 4.78 is 16.1. The van der Waals surface area contributed by atoms with Crippen LogP contribution in [0.2, 0.25) is 0 Å². The number of hydrogen-bond acceptors (Lipinski definition) is 4. The lowest BCUT2D eigenvalue weighted by molar-refractivity contribution is -0.136. The molecule has 0 bridgehead atoms. The molecule has 2 N–H and O–H groups in total. The molecule has 0 aromatic heterocycles. The van der Waals surface area contributed by atoms with Crippen LogP contribution in [0.4, 0.5) is 10.1 Å². The number of benzene rings is 3. The average Bonchev–Trinajstić information content (AvgIpc) is 3.29. The summed E-state index contributed by atoms with van der Waals surface area (Å²) in [6, 6.07) is 18.8. The zero-order valence-electron chi connectivity index (χ0n) is 19.6. The minimum Gasteiger partial charge on any atom is -0.386 e. The molecule has 180 valence electrons. The number of piperidine rings is 1. The molecule has 7 heteroatoms. The molecule has 1 fully saturated rings. The lowest BCUT2D eigenvalue weighted by Gasteiger charge is -2.41. The first-order valence-corrected chi connectivity index (χ1v) is 12.2. The third-order valence-corrected chi connectivity index (χ3v) is 7.99. The third kappa shape index (κ3) is 3.22. The van der Waals surface area contributed by atoms with Gasteiger partial charge in [-0.1, -0.05) is 54.6 Å². The summed E-state index contributed by atoms with van der Waals surface area (Å²) >= 11 is 0. The smallest absolute Gasteiger partial charge is 0.270 e. The third-order valence-electron chi connectivity index (χ3n) is 7.99. The number of halogens is 1. The predicted octanol–water partition coefficient (Wildman–Crippen LogP) is 3.74. The van der Waals surface area contributed by atoms with E-state index in [4.69, 9.17) is 0 Å². The molecule has 3 unspecified atom stereocenters. The molecule has 2 heterocycles. The highest BCUT2D eigenvalue weighted by Crippen LogP contribution is 2.50. The van der Waals surface area contributed by atoms with Crippen LogP contribution in [0.5, 0.6) is 0 Å². The van der Waals surface area contributed by atoms with Crippen molar-refractivity contribution < 1.29 is 19.1 Å². The van der Waals surface area contributed by atoms with Crippen molar-refractivity contribution in [3.05, 3.63) is 77.4 Å². The molecule has 6 rings (SSSR count). The minimum atomic E-state index is -2.35. The van der Waals surface area contributed by atoms with Gasteiger partial charge in [0, 0.05) is 31.7 Å². The first-order valence-electron chi connectivity index (χ1n) is 12.2. The number of nitrogens with zero attached hydrogens (tertiary/aromatic N) is 2. The number of fused-ring (bicyclic) bond motifs is 1. The molecule has 3 aromatic carbocycles. The Bertz CT molecular complexity index is 1330. The van der Waals surface area contributed by atoms with E-state index < -0.39 is 30.0 Å². The van der Waals surface area contributed by atoms with Gasteiger partial charge in [0.1, 0.15) is 0 Å². The standard InChI is InChI=1S/C28H28FN3O3/c1-30-23(33)16-28(29)21-10-2-3-11-22(21)32(27(28)35)18-12-14-31(15-13-18)25-19-8-4-6-17-7-5-9-20(24(17)19)26(25)34/h2-11,18,25-26,34H,12-16H2,1H3,(H,30,33). The molecule has 1 saturated heterocycles. The van der Waals surface area contributed by atoms with E-state index in [0.29, 0.717) is 31.6 Å². The van der Waals surface area contributed by atoms with Gasteiger partial charge < -0.3 is 15.3 Å². The lowest BCUT2D eigenvalue weighted by atomic mass is 9.93. The molecule has 2 amide bonds. The Morgan fingerprint density at radius 3 is 2.46 bits per heavy atom. The Morgan fingerprint density at radius 1 is 1.06 bits per heavy atom. The summed E-state index contributed by atoms with van der Waals surface area (Å²) in [7, 11) is 1.45. The van der Waals surface area contributed by atoms with E-state index in [2.05, 4.69) is 28.4 Å². The summed E-state index contributed by atoms with van der Waals surface area (Å²) in [5.74, 6) is -1.16. The van der Waals surface area contributed by atoms with Gasteiger partial charge in [0.2, 0.25) is 11.6 Å². The van der Waals surface area contributed by atoms with Crippen LogP contribution < -0.4 is 10.2 Å². The van der Waals surface area contributed by atoms with Gasteiger partial charge in [0.15, 0.2) is 0 Å². The van der Waals surface area contributed by atoms with Gasteiger partial charge in [-0.05, 0) is 40.8 Å². The highest BCUT2D eigenvalue weighted by molar-refractivity contribution is 6.09. The van der Waals surface area contributed by atoms with Gasteiger partial charge >= 0.3 is 0 Å². The number of anilines is 1. The second-order valence-corrected chi connectivity index (χ2v) is 9.79. The minimum absolute atomic E-state index is 0.132. The number of likely N-dealkylation sites (tertiary alicyclic amines) is 1. The molecule has 3 atom stereocenters. The van der Waals surface area contributed by atoms with Crippen LogP contribution in [-0.4, -0.2) is 48.0 Å². The number of aliphatic hydroxyl groups excluding tert-OH is 1. The Morgan fingerprint density at radius 2 is 1.74 bits per heavy atom. The van der Waals surface area contributed by atoms with Gasteiger partial charge in [-0.2, -0.15) is 0 Å². The maximum atomic E-state index is 16.1. The number of carbonyl (C=O) groups excluding carboxylic acids is 2. The fourth-order valence-electron chi connectivity index (χ4n) is 6.33. The Hall–Kier alpha value is -3.29. The maximum absolute atomic E-state index is 16.1. The van der Waals surface area contributed by atoms with E-state index in [9.17, 15) is 14.7 Å². The molecule has 1 aliphatic carbocycles. The number of carbonyl (C=O) groups is 2. The first-order chi connectivity index (χ1) is 16.9. The highest BCUT2D eigenvalue weighted by atomic mass is 19.1. The zero-order valence-corrected chi connectivity index (χ0v) is 19.6. The maximum Gasteiger partial charge on any atom is 0.270 e. The number of aliphatic hydroxyl groups is 1. The number of hydrogen-bond donors (Lipinski definition) is 2. The van der Waals surface area contributed by atoms with Crippen molar-refractivity contribution >= 4 is 28.3 Å². The molecule has 0 saturated carbocycles. The van der Waals surface area contributed by atoms with Crippen LogP contribution >= 0.6 is 0 Å². The molecular weight excluding hydrogens is 445 g/mol. The SMILES string of the molecule is CNC(=O)CC1(F)C(=O)N(C2CCN(C3c4cccc5cccc(c45)C3O)CC2)c2ccccc21. The van der Waals surface area contributed by atoms with Gasteiger partial charge in [-0.15, -0.1) is 0 Å². The van der Waals surface area contributed by atoms with Crippen molar-refractivity contribution in [2.45, 2.75) is 43.1 Å². The average molecular weight is 474 g/mol. The molecule has 3 aliphatic rings. The number of alkyl halides is 1. The van der Waals surface area contributed by atoms with Gasteiger partial charge in [-0.3, -0.25) is 14.5 Å². The summed E-state index contributed by atoms with van der Waals surface area (Å²) in [4.78, 5) is 29.3. The van der Waals surface area contributed by atoms with Gasteiger partial charge in [0.25, 0.3) is 5.91 Å². The molecule has 0 radical (unpaired) electrons. The second-order valence-electron chi connectivity index (χ2n) is 9.79. The summed E-state index contributed by atoms with van der Waals surface area (Å²) in [5, 5.41) is 15.9. The largest absolute Gasteiger partial charge is 0.386 e. The van der Waals surface area contributed by atoms with Crippen LogP contribution in [0.25, 0.3) is 10.8 Å². The fourth-order valence-corrected chi connectivity index (χ4v) is 6.33. The Kier molecular flexibility index (Phi) is 5.16. The second kappa shape index (κ2) is 8.14. The molecule has 35 heavy (non-hydrogen) atoms. The summed E-state index contributed by atoms with van der Waals surface area (Å²) in [6.07, 6.45) is 0.190. The number of amides is 2. The molecular formula is C28H28FN3O3. The topological polar surface area (TPSA) is 72.9 Å². The number of nitrogens with one attached hydrogen (secondary N) is 1. The summed E-state index contributed by atoms with van der Waals surface area (Å²) in [6.45, 7) is 1.36. The number of para-hydroxylation sites is 1. The molecule has 0 spiro atoms. The van der Waals surface area contributed by atoms with Crippen molar-refractivity contribution in [3.8, 4) is 0 Å². The molecule has 2 aliphatic heterocycles. The van der Waals surface area contributed by atoms with E-state index in [1.165, 1.54) is 7.05 Å². The van der Waals surface area contributed by atoms with Crippen LogP contribution in [0.3, 0.4) is 0 Å². The van der Waals surface area contributed by atoms with Crippen LogP contribution in [0.15, 0.2) is 60.7 Å². The molecule has 6 nitrogen and oxygen atoms in total. The highest BCUT2D eigenvalue weighted by Gasteiger charge is 2.54. The van der Waals surface area contributed by atoms with Crippen molar-refractivity contribution in [3.63, 3.8) is 0 Å². The predicted molar refractivity (Wildman–Crippen MR) is 132 cm³/mol. The van der Waals surface area contributed by atoms with E-state index in [-0.39, 0.29) is 17.6 Å². The van der Waals surface area contributed by atoms with E-state index in [0.717, 1.165) is 21.9 Å². The van der Waals surface area contributed by atoms with Crippen molar-refractivity contribution in [1.29, 1.82) is 0 Å².